The molecule has 186 valence electrons. The van der Waals surface area contributed by atoms with E-state index in [1.54, 1.807) is 0 Å². The van der Waals surface area contributed by atoms with E-state index in [1.165, 1.54) is 0 Å². The first-order chi connectivity index (χ1) is 19.2. The van der Waals surface area contributed by atoms with Crippen molar-refractivity contribution in [3.05, 3.63) is 133 Å². The highest BCUT2D eigenvalue weighted by molar-refractivity contribution is 6.07. The average Bonchev–Trinajstić information content (AvgIpc) is 3.60. The lowest BCUT2D eigenvalue weighted by Gasteiger charge is -2.14. The fraction of sp³-hybridized carbons (Fsp3) is 0. The zero-order valence-corrected chi connectivity index (χ0v) is 21.0. The molecule has 0 unspecified atom stereocenters. The molecule has 5 aromatic carbocycles. The molecular formula is C33H24N6. The van der Waals surface area contributed by atoms with Gasteiger partial charge in [0, 0.05) is 28.1 Å². The molecule has 0 fully saturated rings. The second-order valence-electron chi connectivity index (χ2n) is 9.36. The molecule has 6 heteroatoms. The van der Waals surface area contributed by atoms with Crippen LogP contribution in [0.5, 0.6) is 0 Å². The summed E-state index contributed by atoms with van der Waals surface area (Å²) in [5, 5.41) is 12.2. The van der Waals surface area contributed by atoms with Crippen molar-refractivity contribution < 1.29 is 0 Å². The van der Waals surface area contributed by atoms with Gasteiger partial charge in [-0.05, 0) is 66.7 Å². The number of benzene rings is 5. The molecule has 0 amide bonds. The molecule has 6 nitrogen and oxygen atoms in total. The van der Waals surface area contributed by atoms with Crippen LogP contribution in [0, 0.1) is 5.41 Å². The fourth-order valence-corrected chi connectivity index (χ4v) is 4.92. The van der Waals surface area contributed by atoms with Crippen LogP contribution in [0.2, 0.25) is 0 Å². The first-order valence-corrected chi connectivity index (χ1v) is 12.8. The molecule has 3 N–H and O–H groups in total. The second-order valence-corrected chi connectivity index (χ2v) is 9.36. The maximum Gasteiger partial charge on any atom is 0.145 e. The number of hydrogen-bond acceptors (Lipinski definition) is 3. The van der Waals surface area contributed by atoms with Gasteiger partial charge < -0.3 is 10.3 Å². The number of H-pyrrole nitrogens is 1. The first-order valence-electron chi connectivity index (χ1n) is 12.8. The number of fused-ring (bicyclic) bond motifs is 2. The van der Waals surface area contributed by atoms with Crippen molar-refractivity contribution in [3.8, 4) is 28.5 Å². The quantitative estimate of drug-likeness (QED) is 0.166. The Hall–Kier alpha value is -5.49. The Labute approximate surface area is 225 Å². The van der Waals surface area contributed by atoms with Crippen molar-refractivity contribution >= 4 is 33.6 Å². The average molecular weight is 505 g/mol. The normalized spacial score (nSPS) is 11.2. The molecule has 0 bridgehead atoms. The predicted octanol–water partition coefficient (Wildman–Crippen LogP) is 7.67. The Morgan fingerprint density at radius 1 is 0.667 bits per heavy atom. The number of amidine groups is 1. The molecule has 7 aromatic rings. The van der Waals surface area contributed by atoms with Crippen molar-refractivity contribution in [3.63, 3.8) is 0 Å². The van der Waals surface area contributed by atoms with Crippen LogP contribution in [-0.4, -0.2) is 25.4 Å². The van der Waals surface area contributed by atoms with Crippen molar-refractivity contribution in [1.29, 1.82) is 5.41 Å². The molecule has 2 heterocycles. The third kappa shape index (κ3) is 4.24. The van der Waals surface area contributed by atoms with Crippen molar-refractivity contribution in [2.24, 2.45) is 0 Å². The summed E-state index contributed by atoms with van der Waals surface area (Å²) in [6.07, 6.45) is 0. The van der Waals surface area contributed by atoms with Crippen LogP contribution in [0.15, 0.2) is 127 Å². The molecule has 0 saturated carbocycles. The predicted molar refractivity (Wildman–Crippen MR) is 158 cm³/mol. The van der Waals surface area contributed by atoms with E-state index in [9.17, 15) is 0 Å². The fourth-order valence-electron chi connectivity index (χ4n) is 4.92. The van der Waals surface area contributed by atoms with Crippen LogP contribution in [0.4, 0.5) is 5.69 Å². The van der Waals surface area contributed by atoms with E-state index < -0.39 is 0 Å². The lowest BCUT2D eigenvalue weighted by molar-refractivity contribution is 1.10. The summed E-state index contributed by atoms with van der Waals surface area (Å²) >= 11 is 0. The summed E-state index contributed by atoms with van der Waals surface area (Å²) < 4.78 is 2.17. The van der Waals surface area contributed by atoms with Crippen molar-refractivity contribution in [2.45, 2.75) is 0 Å². The molecule has 0 radical (unpaired) electrons. The number of aromatic nitrogens is 4. The minimum atomic E-state index is 0.294. The van der Waals surface area contributed by atoms with E-state index in [2.05, 4.69) is 39.1 Å². The van der Waals surface area contributed by atoms with Gasteiger partial charge in [-0.25, -0.2) is 9.97 Å². The molecule has 0 aliphatic carbocycles. The van der Waals surface area contributed by atoms with Gasteiger partial charge >= 0.3 is 0 Å². The number of para-hydroxylation sites is 6. The van der Waals surface area contributed by atoms with Gasteiger partial charge in [-0.2, -0.15) is 0 Å². The Bertz CT molecular complexity index is 1920. The summed E-state index contributed by atoms with van der Waals surface area (Å²) in [5.74, 6) is 1.84. The van der Waals surface area contributed by atoms with Crippen LogP contribution in [-0.2, 0) is 0 Å². The van der Waals surface area contributed by atoms with E-state index >= 15 is 0 Å². The first kappa shape index (κ1) is 22.7. The number of rotatable bonds is 5. The molecular weight excluding hydrogens is 480 g/mol. The van der Waals surface area contributed by atoms with Gasteiger partial charge in [-0.1, -0.05) is 60.7 Å². The van der Waals surface area contributed by atoms with Gasteiger partial charge in [0.1, 0.15) is 17.5 Å². The zero-order valence-electron chi connectivity index (χ0n) is 21.0. The number of hydrogen-bond donors (Lipinski definition) is 3. The molecule has 0 aliphatic heterocycles. The number of imidazole rings is 2. The van der Waals surface area contributed by atoms with Gasteiger partial charge in [-0.15, -0.1) is 0 Å². The molecule has 39 heavy (non-hydrogen) atoms. The van der Waals surface area contributed by atoms with E-state index in [0.29, 0.717) is 5.84 Å². The maximum absolute atomic E-state index is 8.95. The standard InChI is InChI=1S/C33H24N6/c34-31(35-25-11-3-1-4-12-25)22-19-23(32-36-27-15-7-8-16-28(27)37-32)21-24(20-22)33-38-29-17-9-10-18-30(29)39(33)26-13-5-2-6-14-26/h1-21H,(H2,34,35)(H,36,37). The second kappa shape index (κ2) is 9.43. The van der Waals surface area contributed by atoms with Crippen LogP contribution in [0.1, 0.15) is 5.56 Å². The van der Waals surface area contributed by atoms with Crippen LogP contribution in [0.25, 0.3) is 50.5 Å². The highest BCUT2D eigenvalue weighted by Gasteiger charge is 2.18. The van der Waals surface area contributed by atoms with E-state index in [0.717, 1.165) is 61.8 Å². The van der Waals surface area contributed by atoms with Gasteiger partial charge in [0.2, 0.25) is 0 Å². The molecule has 0 saturated heterocycles. The Kier molecular flexibility index (Phi) is 5.49. The van der Waals surface area contributed by atoms with Crippen molar-refractivity contribution in [1.82, 2.24) is 19.5 Å². The minimum absolute atomic E-state index is 0.294. The Balaban J connectivity index is 1.44. The maximum atomic E-state index is 8.95. The Morgan fingerprint density at radius 2 is 1.33 bits per heavy atom. The molecule has 0 atom stereocenters. The molecule has 2 aromatic heterocycles. The summed E-state index contributed by atoms with van der Waals surface area (Å²) in [7, 11) is 0. The summed E-state index contributed by atoms with van der Waals surface area (Å²) in [5.41, 5.74) is 8.17. The lowest BCUT2D eigenvalue weighted by Crippen LogP contribution is -2.12. The largest absolute Gasteiger partial charge is 0.340 e. The molecule has 0 spiro atoms. The van der Waals surface area contributed by atoms with Crippen LogP contribution < -0.4 is 5.32 Å². The summed E-state index contributed by atoms with van der Waals surface area (Å²) in [6.45, 7) is 0. The van der Waals surface area contributed by atoms with E-state index in [1.807, 2.05) is 103 Å². The molecule has 7 rings (SSSR count). The SMILES string of the molecule is N=C(Nc1ccccc1)c1cc(-c2nc3ccccc3[nH]2)cc(-c2nc3ccccc3n2-c2ccccc2)c1. The number of anilines is 1. The molecule has 0 aliphatic rings. The monoisotopic (exact) mass is 504 g/mol. The minimum Gasteiger partial charge on any atom is -0.340 e. The Morgan fingerprint density at radius 3 is 2.13 bits per heavy atom. The van der Waals surface area contributed by atoms with Crippen LogP contribution >= 0.6 is 0 Å². The topological polar surface area (TPSA) is 82.4 Å². The van der Waals surface area contributed by atoms with Gasteiger partial charge in [-0.3, -0.25) is 9.98 Å². The lowest BCUT2D eigenvalue weighted by atomic mass is 10.0. The summed E-state index contributed by atoms with van der Waals surface area (Å²) in [6, 6.07) is 42.3. The van der Waals surface area contributed by atoms with Crippen molar-refractivity contribution in [2.75, 3.05) is 5.32 Å². The highest BCUT2D eigenvalue weighted by Crippen LogP contribution is 2.32. The van der Waals surface area contributed by atoms with E-state index in [-0.39, 0.29) is 0 Å². The van der Waals surface area contributed by atoms with Gasteiger partial charge in [0.05, 0.1) is 22.1 Å². The highest BCUT2D eigenvalue weighted by atomic mass is 15.1. The number of nitrogens with one attached hydrogen (secondary N) is 3. The van der Waals surface area contributed by atoms with Crippen LogP contribution in [0.3, 0.4) is 0 Å². The summed E-state index contributed by atoms with van der Waals surface area (Å²) in [4.78, 5) is 13.4. The third-order valence-electron chi connectivity index (χ3n) is 6.76. The van der Waals surface area contributed by atoms with Gasteiger partial charge in [0.25, 0.3) is 0 Å². The third-order valence-corrected chi connectivity index (χ3v) is 6.76. The van der Waals surface area contributed by atoms with E-state index in [4.69, 9.17) is 15.4 Å². The zero-order chi connectivity index (χ0) is 26.2. The van der Waals surface area contributed by atoms with Gasteiger partial charge in [0.15, 0.2) is 0 Å². The smallest absolute Gasteiger partial charge is 0.145 e. The number of nitrogens with zero attached hydrogens (tertiary/aromatic N) is 3. The number of aromatic amines is 1.